The van der Waals surface area contributed by atoms with Gasteiger partial charge in [-0.2, -0.15) is 0 Å². The van der Waals surface area contributed by atoms with Crippen molar-refractivity contribution >= 4 is 97.7 Å². The predicted molar refractivity (Wildman–Crippen MR) is 261 cm³/mol. The fourth-order valence-corrected chi connectivity index (χ4v) is 10.5. The number of hydrogen-bond donors (Lipinski definition) is 0. The minimum atomic E-state index is 0.877. The van der Waals surface area contributed by atoms with Crippen LogP contribution >= 0.6 is 0 Å². The molecule has 0 amide bonds. The second-order valence-electron chi connectivity index (χ2n) is 16.7. The third-order valence-corrected chi connectivity index (χ3v) is 13.4. The minimum absolute atomic E-state index is 0.877. The SMILES string of the molecule is c1ccc(-c2ccc3oc4c(cc5c(-c6cccc7ccccc67)cc6c7oc8ccc(-c9ccccc9)cc8c7cc7c(-c8cccc9ccccc89)cc4c5c76)c3c2)cc1. The normalized spacial score (nSPS) is 12.2. The lowest BCUT2D eigenvalue weighted by atomic mass is 9.82. The second-order valence-corrected chi connectivity index (χ2v) is 16.7. The van der Waals surface area contributed by atoms with Gasteiger partial charge in [0.05, 0.1) is 0 Å². The zero-order valence-corrected chi connectivity index (χ0v) is 33.4. The van der Waals surface area contributed by atoms with E-state index in [0.717, 1.165) is 54.6 Å². The van der Waals surface area contributed by atoms with Crippen LogP contribution in [0.1, 0.15) is 0 Å². The largest absolute Gasteiger partial charge is 0.455 e. The van der Waals surface area contributed by atoms with Gasteiger partial charge in [-0.25, -0.2) is 0 Å². The first-order chi connectivity index (χ1) is 30.7. The van der Waals surface area contributed by atoms with Crippen LogP contribution in [-0.4, -0.2) is 0 Å². The van der Waals surface area contributed by atoms with Crippen LogP contribution in [0.3, 0.4) is 0 Å². The Balaban J connectivity index is 1.21. The van der Waals surface area contributed by atoms with Gasteiger partial charge >= 0.3 is 0 Å². The van der Waals surface area contributed by atoms with E-state index >= 15 is 0 Å². The lowest BCUT2D eigenvalue weighted by Crippen LogP contribution is -1.93. The van der Waals surface area contributed by atoms with Crippen molar-refractivity contribution in [3.63, 3.8) is 0 Å². The van der Waals surface area contributed by atoms with Crippen LogP contribution in [0, 0.1) is 0 Å². The van der Waals surface area contributed by atoms with Crippen LogP contribution in [0.2, 0.25) is 0 Å². The Labute approximate surface area is 355 Å². The first-order valence-corrected chi connectivity index (χ1v) is 21.3. The van der Waals surface area contributed by atoms with Gasteiger partial charge in [-0.15, -0.1) is 0 Å². The first-order valence-electron chi connectivity index (χ1n) is 21.3. The summed E-state index contributed by atoms with van der Waals surface area (Å²) in [7, 11) is 0. The van der Waals surface area contributed by atoms with Crippen molar-refractivity contribution in [1.82, 2.24) is 0 Å². The summed E-state index contributed by atoms with van der Waals surface area (Å²) in [6, 6.07) is 75.0. The summed E-state index contributed by atoms with van der Waals surface area (Å²) < 4.78 is 14.1. The smallest absolute Gasteiger partial charge is 0.143 e. The van der Waals surface area contributed by atoms with Gasteiger partial charge in [0, 0.05) is 43.1 Å². The maximum atomic E-state index is 7.06. The number of fused-ring (bicyclic) bond motifs is 10. The molecule has 0 saturated heterocycles. The van der Waals surface area contributed by atoms with Crippen LogP contribution < -0.4 is 0 Å². The molecule has 14 aromatic rings. The van der Waals surface area contributed by atoms with Gasteiger partial charge in [0.1, 0.15) is 22.3 Å². The molecule has 2 heteroatoms. The number of furan rings is 2. The lowest BCUT2D eigenvalue weighted by Gasteiger charge is -2.20. The molecule has 286 valence electrons. The van der Waals surface area contributed by atoms with Gasteiger partial charge in [-0.3, -0.25) is 0 Å². The first kappa shape index (κ1) is 33.6. The van der Waals surface area contributed by atoms with E-state index in [1.807, 2.05) is 0 Å². The van der Waals surface area contributed by atoms with Crippen molar-refractivity contribution in [2.45, 2.75) is 0 Å². The molecule has 0 aliphatic carbocycles. The molecular formula is C60H34O2. The molecule has 0 N–H and O–H groups in total. The fraction of sp³-hybridized carbons (Fsp3) is 0. The molecule has 0 aliphatic rings. The lowest BCUT2D eigenvalue weighted by molar-refractivity contribution is 0.672. The molecule has 2 aromatic heterocycles. The fourth-order valence-electron chi connectivity index (χ4n) is 10.5. The Kier molecular flexibility index (Phi) is 6.86. The van der Waals surface area contributed by atoms with Crippen molar-refractivity contribution < 1.29 is 8.83 Å². The van der Waals surface area contributed by atoms with Gasteiger partial charge in [0.2, 0.25) is 0 Å². The highest BCUT2D eigenvalue weighted by Crippen LogP contribution is 2.52. The molecule has 0 spiro atoms. The average Bonchev–Trinajstić information content (AvgIpc) is 3.90. The summed E-state index contributed by atoms with van der Waals surface area (Å²) in [5.74, 6) is 0. The van der Waals surface area contributed by atoms with E-state index in [2.05, 4.69) is 206 Å². The Morgan fingerprint density at radius 1 is 0.226 bits per heavy atom. The Hall–Kier alpha value is -8.20. The molecule has 0 saturated carbocycles. The molecule has 12 aromatic carbocycles. The molecule has 0 radical (unpaired) electrons. The van der Waals surface area contributed by atoms with Gasteiger partial charge < -0.3 is 8.83 Å². The van der Waals surface area contributed by atoms with E-state index < -0.39 is 0 Å². The van der Waals surface area contributed by atoms with Crippen LogP contribution in [0.15, 0.2) is 215 Å². The minimum Gasteiger partial charge on any atom is -0.455 e. The summed E-state index contributed by atoms with van der Waals surface area (Å²) in [6.45, 7) is 0. The topological polar surface area (TPSA) is 26.3 Å². The van der Waals surface area contributed by atoms with E-state index in [-0.39, 0.29) is 0 Å². The summed E-state index contributed by atoms with van der Waals surface area (Å²) in [6.07, 6.45) is 0. The van der Waals surface area contributed by atoms with Crippen LogP contribution in [-0.2, 0) is 0 Å². The van der Waals surface area contributed by atoms with Gasteiger partial charge in [0.25, 0.3) is 0 Å². The van der Waals surface area contributed by atoms with Gasteiger partial charge in [-0.1, -0.05) is 158 Å². The summed E-state index contributed by atoms with van der Waals surface area (Å²) in [4.78, 5) is 0. The van der Waals surface area contributed by atoms with Crippen molar-refractivity contribution in [2.24, 2.45) is 0 Å². The van der Waals surface area contributed by atoms with Crippen molar-refractivity contribution in [3.05, 3.63) is 206 Å². The zero-order valence-electron chi connectivity index (χ0n) is 33.4. The predicted octanol–water partition coefficient (Wildman–Crippen LogP) is 17.4. The molecule has 2 nitrogen and oxygen atoms in total. The zero-order chi connectivity index (χ0) is 40.5. The molecule has 0 atom stereocenters. The third-order valence-electron chi connectivity index (χ3n) is 13.4. The van der Waals surface area contributed by atoms with Crippen LogP contribution in [0.4, 0.5) is 0 Å². The second kappa shape index (κ2) is 12.7. The molecule has 0 fully saturated rings. The summed E-state index contributed by atoms with van der Waals surface area (Å²) >= 11 is 0. The molecule has 0 aliphatic heterocycles. The van der Waals surface area contributed by atoms with Crippen molar-refractivity contribution in [3.8, 4) is 44.5 Å². The number of hydrogen-bond acceptors (Lipinski definition) is 2. The maximum absolute atomic E-state index is 7.06. The molecule has 2 heterocycles. The summed E-state index contributed by atoms with van der Waals surface area (Å²) in [5, 5.41) is 16.2. The molecule has 0 unspecified atom stereocenters. The standard InChI is InChI=1S/C60H34O2/c1-3-13-35(14-4-1)39-25-27-55-47(29-39)51-33-49-45(43-23-11-19-37-17-7-9-21-41(37)43)32-54-58-50(34-52-48-30-40(36-15-5-2-6-16-36)26-28-56(48)62-60(52)54)46(31-53(57(49)58)59(51)61-55)44-24-12-20-38-18-8-10-22-42(38)44/h1-34H. The Bertz CT molecular complexity index is 3850. The van der Waals surface area contributed by atoms with Crippen LogP contribution in [0.25, 0.3) is 142 Å². The van der Waals surface area contributed by atoms with E-state index in [1.165, 1.54) is 87.6 Å². The van der Waals surface area contributed by atoms with E-state index in [9.17, 15) is 0 Å². The van der Waals surface area contributed by atoms with E-state index in [4.69, 9.17) is 8.83 Å². The molecule has 14 rings (SSSR count). The van der Waals surface area contributed by atoms with E-state index in [1.54, 1.807) is 0 Å². The summed E-state index contributed by atoms with van der Waals surface area (Å²) in [5.41, 5.74) is 13.0. The van der Waals surface area contributed by atoms with Crippen LogP contribution in [0.5, 0.6) is 0 Å². The van der Waals surface area contributed by atoms with Gasteiger partial charge in [-0.05, 0) is 125 Å². The highest BCUT2D eigenvalue weighted by atomic mass is 16.3. The average molecular weight is 787 g/mol. The Morgan fingerprint density at radius 3 is 1.11 bits per heavy atom. The maximum Gasteiger partial charge on any atom is 0.143 e. The molecule has 0 bridgehead atoms. The van der Waals surface area contributed by atoms with Crippen molar-refractivity contribution in [1.29, 1.82) is 0 Å². The highest BCUT2D eigenvalue weighted by molar-refractivity contribution is 6.39. The van der Waals surface area contributed by atoms with E-state index in [0.29, 0.717) is 0 Å². The quantitative estimate of drug-likeness (QED) is 0.166. The van der Waals surface area contributed by atoms with Gasteiger partial charge in [0.15, 0.2) is 0 Å². The highest BCUT2D eigenvalue weighted by Gasteiger charge is 2.26. The third kappa shape index (κ3) is 4.75. The monoisotopic (exact) mass is 786 g/mol. The number of rotatable bonds is 4. The Morgan fingerprint density at radius 2 is 0.645 bits per heavy atom. The van der Waals surface area contributed by atoms with Crippen molar-refractivity contribution in [2.75, 3.05) is 0 Å². The number of benzene rings is 12. The molecule has 62 heavy (non-hydrogen) atoms. The molecular weight excluding hydrogens is 753 g/mol.